The van der Waals surface area contributed by atoms with Crippen molar-refractivity contribution in [1.82, 2.24) is 10.2 Å². The average Bonchev–Trinajstić information content (AvgIpc) is 2.67. The zero-order chi connectivity index (χ0) is 16.8. The van der Waals surface area contributed by atoms with E-state index in [0.717, 1.165) is 37.2 Å². The van der Waals surface area contributed by atoms with Gasteiger partial charge in [0, 0.05) is 18.5 Å². The van der Waals surface area contributed by atoms with Crippen molar-refractivity contribution in [1.29, 1.82) is 0 Å². The van der Waals surface area contributed by atoms with E-state index in [1.165, 1.54) is 19.3 Å². The number of benzene rings is 1. The molecule has 0 radical (unpaired) electrons. The molecular formula is C20H28N2O2. The smallest absolute Gasteiger partial charge is 0.223 e. The Hall–Kier alpha value is -1.81. The van der Waals surface area contributed by atoms with Crippen molar-refractivity contribution in [3.05, 3.63) is 42.0 Å². The summed E-state index contributed by atoms with van der Waals surface area (Å²) in [5.74, 6) is 1.20. The van der Waals surface area contributed by atoms with E-state index in [2.05, 4.69) is 22.4 Å². The van der Waals surface area contributed by atoms with Crippen LogP contribution in [0.4, 0.5) is 0 Å². The third-order valence-corrected chi connectivity index (χ3v) is 5.22. The van der Waals surface area contributed by atoms with Gasteiger partial charge in [-0.2, -0.15) is 0 Å². The molecule has 4 nitrogen and oxygen atoms in total. The lowest BCUT2D eigenvalue weighted by atomic mass is 9.92. The second kappa shape index (κ2) is 8.34. The van der Waals surface area contributed by atoms with Crippen molar-refractivity contribution in [2.75, 3.05) is 20.2 Å². The van der Waals surface area contributed by atoms with Crippen molar-refractivity contribution in [3.8, 4) is 5.75 Å². The summed E-state index contributed by atoms with van der Waals surface area (Å²) < 4.78 is 5.15. The zero-order valence-electron chi connectivity index (χ0n) is 14.5. The Kier molecular flexibility index (Phi) is 5.91. The number of hydrogen-bond acceptors (Lipinski definition) is 3. The normalized spacial score (nSPS) is 22.3. The second-order valence-corrected chi connectivity index (χ2v) is 6.80. The maximum absolute atomic E-state index is 12.4. The van der Waals surface area contributed by atoms with Crippen LogP contribution in [0.1, 0.15) is 37.7 Å². The fourth-order valence-electron chi connectivity index (χ4n) is 3.67. The molecule has 2 aliphatic rings. The fourth-order valence-corrected chi connectivity index (χ4v) is 3.67. The molecular weight excluding hydrogens is 300 g/mol. The minimum Gasteiger partial charge on any atom is -0.497 e. The number of methoxy groups -OCH3 is 1. The zero-order valence-corrected chi connectivity index (χ0v) is 14.5. The molecule has 1 aliphatic heterocycles. The summed E-state index contributed by atoms with van der Waals surface area (Å²) in [6, 6.07) is 8.45. The van der Waals surface area contributed by atoms with Gasteiger partial charge in [-0.15, -0.1) is 0 Å². The lowest BCUT2D eigenvalue weighted by molar-refractivity contribution is -0.126. The summed E-state index contributed by atoms with van der Waals surface area (Å²) >= 11 is 0. The van der Waals surface area contributed by atoms with E-state index in [4.69, 9.17) is 4.74 Å². The highest BCUT2D eigenvalue weighted by Crippen LogP contribution is 2.24. The third-order valence-electron chi connectivity index (χ3n) is 5.22. The van der Waals surface area contributed by atoms with Crippen LogP contribution >= 0.6 is 0 Å². The van der Waals surface area contributed by atoms with Gasteiger partial charge in [0.2, 0.25) is 5.91 Å². The Morgan fingerprint density at radius 2 is 1.96 bits per heavy atom. The first kappa shape index (κ1) is 17.0. The van der Waals surface area contributed by atoms with Gasteiger partial charge in [0.25, 0.3) is 0 Å². The Balaban J connectivity index is 1.43. The molecule has 24 heavy (non-hydrogen) atoms. The molecule has 4 heteroatoms. The van der Waals surface area contributed by atoms with Crippen molar-refractivity contribution in [3.63, 3.8) is 0 Å². The van der Waals surface area contributed by atoms with E-state index in [-0.39, 0.29) is 11.8 Å². The van der Waals surface area contributed by atoms with E-state index in [1.54, 1.807) is 7.11 Å². The van der Waals surface area contributed by atoms with Crippen LogP contribution in [0.25, 0.3) is 0 Å². The van der Waals surface area contributed by atoms with E-state index in [1.807, 2.05) is 24.3 Å². The quantitative estimate of drug-likeness (QED) is 0.844. The molecule has 1 atom stereocenters. The van der Waals surface area contributed by atoms with Gasteiger partial charge in [-0.3, -0.25) is 9.69 Å². The summed E-state index contributed by atoms with van der Waals surface area (Å²) in [5, 5.41) is 3.09. The van der Waals surface area contributed by atoms with Crippen LogP contribution in [0.3, 0.4) is 0 Å². The first-order valence-corrected chi connectivity index (χ1v) is 9.07. The van der Waals surface area contributed by atoms with Crippen LogP contribution in [0.15, 0.2) is 36.4 Å². The highest BCUT2D eigenvalue weighted by Gasteiger charge is 2.27. The summed E-state index contributed by atoms with van der Waals surface area (Å²) in [6.45, 7) is 2.67. The molecule has 1 amide bonds. The number of allylic oxidation sites excluding steroid dienone is 1. The molecule has 1 saturated heterocycles. The standard InChI is InChI=1S/C20H28N2O2/c1-24-19-9-7-16(8-10-19)15-21-20(23)17-11-13-22(14-12-17)18-5-3-2-4-6-18/h3,5,7-10,17-18H,2,4,6,11-15H2,1H3,(H,21,23)/t18-/m0/s1. The number of amides is 1. The van der Waals surface area contributed by atoms with Gasteiger partial charge in [0.05, 0.1) is 7.11 Å². The molecule has 1 aliphatic carbocycles. The highest BCUT2D eigenvalue weighted by molar-refractivity contribution is 5.78. The van der Waals surface area contributed by atoms with E-state index in [0.29, 0.717) is 12.6 Å². The number of carbonyl (C=O) groups is 1. The van der Waals surface area contributed by atoms with E-state index >= 15 is 0 Å². The molecule has 3 rings (SSSR count). The average molecular weight is 328 g/mol. The number of nitrogens with zero attached hydrogens (tertiary/aromatic N) is 1. The molecule has 1 aromatic rings. The van der Waals surface area contributed by atoms with Crippen LogP contribution in [-0.2, 0) is 11.3 Å². The van der Waals surface area contributed by atoms with Gasteiger partial charge in [0.1, 0.15) is 5.75 Å². The monoisotopic (exact) mass is 328 g/mol. The van der Waals surface area contributed by atoms with Gasteiger partial charge >= 0.3 is 0 Å². The molecule has 1 aromatic carbocycles. The third kappa shape index (κ3) is 4.38. The predicted octanol–water partition coefficient (Wildman–Crippen LogP) is 3.13. The summed E-state index contributed by atoms with van der Waals surface area (Å²) in [5.41, 5.74) is 1.11. The molecule has 1 N–H and O–H groups in total. The van der Waals surface area contributed by atoms with Crippen LogP contribution < -0.4 is 10.1 Å². The molecule has 1 fully saturated rings. The Morgan fingerprint density at radius 1 is 1.21 bits per heavy atom. The van der Waals surface area contributed by atoms with Gasteiger partial charge < -0.3 is 10.1 Å². The van der Waals surface area contributed by atoms with Crippen LogP contribution in [-0.4, -0.2) is 37.0 Å². The topological polar surface area (TPSA) is 41.6 Å². The van der Waals surface area contributed by atoms with Crippen molar-refractivity contribution in [2.45, 2.75) is 44.7 Å². The first-order chi connectivity index (χ1) is 11.8. The number of hydrogen-bond donors (Lipinski definition) is 1. The first-order valence-electron chi connectivity index (χ1n) is 9.07. The number of rotatable bonds is 5. The molecule has 130 valence electrons. The Morgan fingerprint density at radius 3 is 2.58 bits per heavy atom. The van der Waals surface area contributed by atoms with Gasteiger partial charge in [-0.05, 0) is 62.9 Å². The molecule has 0 unspecified atom stereocenters. The van der Waals surface area contributed by atoms with Crippen LogP contribution in [0, 0.1) is 5.92 Å². The second-order valence-electron chi connectivity index (χ2n) is 6.80. The maximum Gasteiger partial charge on any atom is 0.223 e. The van der Waals surface area contributed by atoms with Gasteiger partial charge in [0.15, 0.2) is 0 Å². The highest BCUT2D eigenvalue weighted by atomic mass is 16.5. The lowest BCUT2D eigenvalue weighted by Gasteiger charge is -2.37. The van der Waals surface area contributed by atoms with Crippen LogP contribution in [0.2, 0.25) is 0 Å². The van der Waals surface area contributed by atoms with Gasteiger partial charge in [-0.25, -0.2) is 0 Å². The molecule has 1 heterocycles. The number of ether oxygens (including phenoxy) is 1. The largest absolute Gasteiger partial charge is 0.497 e. The minimum absolute atomic E-state index is 0.159. The fraction of sp³-hybridized carbons (Fsp3) is 0.550. The number of carbonyl (C=O) groups excluding carboxylic acids is 1. The summed E-state index contributed by atoms with van der Waals surface area (Å²) in [6.07, 6.45) is 10.4. The molecule has 0 aromatic heterocycles. The van der Waals surface area contributed by atoms with Crippen LogP contribution in [0.5, 0.6) is 5.75 Å². The SMILES string of the molecule is COc1ccc(CNC(=O)C2CCN([C@H]3C=CCCC3)CC2)cc1. The van der Waals surface area contributed by atoms with E-state index < -0.39 is 0 Å². The lowest BCUT2D eigenvalue weighted by Crippen LogP contribution is -2.44. The number of likely N-dealkylation sites (tertiary alicyclic amines) is 1. The van der Waals surface area contributed by atoms with Crippen molar-refractivity contribution < 1.29 is 9.53 Å². The maximum atomic E-state index is 12.4. The Labute approximate surface area is 144 Å². The predicted molar refractivity (Wildman–Crippen MR) is 95.9 cm³/mol. The minimum atomic E-state index is 0.159. The molecule has 0 bridgehead atoms. The Bertz CT molecular complexity index is 560. The number of piperidine rings is 1. The van der Waals surface area contributed by atoms with E-state index in [9.17, 15) is 4.79 Å². The van der Waals surface area contributed by atoms with Crippen molar-refractivity contribution in [2.24, 2.45) is 5.92 Å². The van der Waals surface area contributed by atoms with Crippen molar-refractivity contribution >= 4 is 5.91 Å². The molecule has 0 saturated carbocycles. The van der Waals surface area contributed by atoms with Gasteiger partial charge in [-0.1, -0.05) is 24.3 Å². The summed E-state index contributed by atoms with van der Waals surface area (Å²) in [7, 11) is 1.66. The number of nitrogens with one attached hydrogen (secondary N) is 1. The summed E-state index contributed by atoms with van der Waals surface area (Å²) in [4.78, 5) is 15.0. The molecule has 0 spiro atoms.